The van der Waals surface area contributed by atoms with Gasteiger partial charge in [0.1, 0.15) is 0 Å². The van der Waals surface area contributed by atoms with Gasteiger partial charge in [0.25, 0.3) is 0 Å². The third-order valence-corrected chi connectivity index (χ3v) is 5.96. The van der Waals surface area contributed by atoms with Crippen molar-refractivity contribution in [2.75, 3.05) is 19.7 Å². The van der Waals surface area contributed by atoms with Gasteiger partial charge in [-0.05, 0) is 84.4 Å². The number of hydrogen-bond donors (Lipinski definition) is 1. The molecule has 0 heterocycles. The Hall–Kier alpha value is -1.06. The fraction of sp³-hybridized carbons (Fsp3) is 0.478. The van der Waals surface area contributed by atoms with Crippen molar-refractivity contribution in [2.24, 2.45) is 0 Å². The summed E-state index contributed by atoms with van der Waals surface area (Å²) in [5.74, 6) is 0. The Kier molecular flexibility index (Phi) is 7.22. The van der Waals surface area contributed by atoms with Crippen molar-refractivity contribution in [3.63, 3.8) is 0 Å². The van der Waals surface area contributed by atoms with Gasteiger partial charge in [-0.1, -0.05) is 56.0 Å². The Morgan fingerprint density at radius 3 is 2.26 bits per heavy atom. The van der Waals surface area contributed by atoms with Crippen molar-refractivity contribution >= 4 is 23.2 Å². The molecule has 0 aromatic heterocycles. The number of benzene rings is 2. The van der Waals surface area contributed by atoms with E-state index in [1.54, 1.807) is 0 Å². The highest BCUT2D eigenvalue weighted by Crippen LogP contribution is 2.44. The van der Waals surface area contributed by atoms with Gasteiger partial charge in [-0.2, -0.15) is 0 Å². The van der Waals surface area contributed by atoms with Crippen LogP contribution in [0.2, 0.25) is 10.0 Å². The zero-order chi connectivity index (χ0) is 19.4. The SMILES string of the molecule is CCCCN(CCCC)C(CO)c1cc(Cl)cc2c1-c1ccc(Cl)cc1C2. The van der Waals surface area contributed by atoms with Crippen LogP contribution in [0.1, 0.15) is 62.3 Å². The van der Waals surface area contributed by atoms with Crippen LogP contribution >= 0.6 is 23.2 Å². The molecule has 27 heavy (non-hydrogen) atoms. The van der Waals surface area contributed by atoms with E-state index in [4.69, 9.17) is 23.2 Å². The molecule has 0 amide bonds. The van der Waals surface area contributed by atoms with Crippen LogP contribution in [0.25, 0.3) is 11.1 Å². The smallest absolute Gasteiger partial charge is 0.0628 e. The number of halogens is 2. The lowest BCUT2D eigenvalue weighted by atomic mass is 9.93. The van der Waals surface area contributed by atoms with Crippen molar-refractivity contribution in [3.05, 3.63) is 57.1 Å². The largest absolute Gasteiger partial charge is 0.394 e. The highest BCUT2D eigenvalue weighted by molar-refractivity contribution is 6.31. The lowest BCUT2D eigenvalue weighted by molar-refractivity contribution is 0.120. The zero-order valence-electron chi connectivity index (χ0n) is 16.3. The van der Waals surface area contributed by atoms with Gasteiger partial charge in [0.15, 0.2) is 0 Å². The molecular formula is C23H29Cl2NO. The van der Waals surface area contributed by atoms with Crippen LogP contribution in [0.3, 0.4) is 0 Å². The number of nitrogens with zero attached hydrogens (tertiary/aromatic N) is 1. The first-order valence-electron chi connectivity index (χ1n) is 10.0. The van der Waals surface area contributed by atoms with Crippen molar-refractivity contribution in [2.45, 2.75) is 52.0 Å². The summed E-state index contributed by atoms with van der Waals surface area (Å²) in [4.78, 5) is 2.44. The number of hydrogen-bond acceptors (Lipinski definition) is 2. The number of aliphatic hydroxyl groups excluding tert-OH is 1. The summed E-state index contributed by atoms with van der Waals surface area (Å²) in [7, 11) is 0. The summed E-state index contributed by atoms with van der Waals surface area (Å²) in [5, 5.41) is 11.9. The van der Waals surface area contributed by atoms with E-state index in [2.05, 4.69) is 43.0 Å². The molecule has 2 nitrogen and oxygen atoms in total. The maximum atomic E-state index is 10.4. The summed E-state index contributed by atoms with van der Waals surface area (Å²) < 4.78 is 0. The second-order valence-electron chi connectivity index (χ2n) is 7.45. The molecule has 1 aliphatic carbocycles. The third kappa shape index (κ3) is 4.51. The normalized spacial score (nSPS) is 13.7. The Bertz CT molecular complexity index is 782. The Morgan fingerprint density at radius 1 is 0.963 bits per heavy atom. The molecular weight excluding hydrogens is 377 g/mol. The first-order valence-corrected chi connectivity index (χ1v) is 10.8. The molecule has 2 aromatic carbocycles. The van der Waals surface area contributed by atoms with E-state index in [1.165, 1.54) is 22.3 Å². The molecule has 3 rings (SSSR count). The molecule has 2 aromatic rings. The number of aliphatic hydroxyl groups is 1. The summed E-state index contributed by atoms with van der Waals surface area (Å²) in [5.41, 5.74) is 6.09. The molecule has 0 radical (unpaired) electrons. The van der Waals surface area contributed by atoms with E-state index in [0.717, 1.165) is 60.8 Å². The summed E-state index contributed by atoms with van der Waals surface area (Å²) in [6.45, 7) is 6.52. The van der Waals surface area contributed by atoms with Crippen LogP contribution in [-0.4, -0.2) is 29.7 Å². The Labute approximate surface area is 173 Å². The quantitative estimate of drug-likeness (QED) is 0.438. The predicted molar refractivity (Wildman–Crippen MR) is 116 cm³/mol. The van der Waals surface area contributed by atoms with Gasteiger partial charge >= 0.3 is 0 Å². The van der Waals surface area contributed by atoms with Crippen LogP contribution < -0.4 is 0 Å². The summed E-state index contributed by atoms with van der Waals surface area (Å²) >= 11 is 12.7. The highest BCUT2D eigenvalue weighted by Gasteiger charge is 2.28. The minimum atomic E-state index is -0.0304. The first-order chi connectivity index (χ1) is 13.1. The van der Waals surface area contributed by atoms with Crippen LogP contribution in [0.5, 0.6) is 0 Å². The van der Waals surface area contributed by atoms with Crippen molar-refractivity contribution < 1.29 is 5.11 Å². The fourth-order valence-corrected chi connectivity index (χ4v) is 4.58. The van der Waals surface area contributed by atoms with Gasteiger partial charge in [0.05, 0.1) is 12.6 Å². The molecule has 0 fully saturated rings. The lowest BCUT2D eigenvalue weighted by Gasteiger charge is -2.32. The predicted octanol–water partition coefficient (Wildman–Crippen LogP) is 6.50. The van der Waals surface area contributed by atoms with Crippen molar-refractivity contribution in [1.29, 1.82) is 0 Å². The van der Waals surface area contributed by atoms with Crippen molar-refractivity contribution in [3.8, 4) is 11.1 Å². The zero-order valence-corrected chi connectivity index (χ0v) is 17.8. The van der Waals surface area contributed by atoms with E-state index in [1.807, 2.05) is 6.07 Å². The maximum absolute atomic E-state index is 10.4. The van der Waals surface area contributed by atoms with Gasteiger partial charge in [-0.15, -0.1) is 0 Å². The molecule has 1 aliphatic rings. The number of rotatable bonds is 9. The van der Waals surface area contributed by atoms with Crippen LogP contribution in [0.4, 0.5) is 0 Å². The molecule has 0 saturated carbocycles. The van der Waals surface area contributed by atoms with Crippen LogP contribution in [0, 0.1) is 0 Å². The summed E-state index contributed by atoms with van der Waals surface area (Å²) in [6.07, 6.45) is 5.41. The van der Waals surface area contributed by atoms with E-state index >= 15 is 0 Å². The Morgan fingerprint density at radius 2 is 1.63 bits per heavy atom. The monoisotopic (exact) mass is 405 g/mol. The Balaban J connectivity index is 2.05. The summed E-state index contributed by atoms with van der Waals surface area (Å²) in [6, 6.07) is 10.2. The van der Waals surface area contributed by atoms with Crippen LogP contribution in [0.15, 0.2) is 30.3 Å². The van der Waals surface area contributed by atoms with E-state index in [9.17, 15) is 5.11 Å². The highest BCUT2D eigenvalue weighted by atomic mass is 35.5. The number of fused-ring (bicyclic) bond motifs is 3. The maximum Gasteiger partial charge on any atom is 0.0628 e. The van der Waals surface area contributed by atoms with E-state index in [0.29, 0.717) is 0 Å². The second-order valence-corrected chi connectivity index (χ2v) is 8.32. The van der Waals surface area contributed by atoms with Gasteiger partial charge in [0, 0.05) is 10.0 Å². The number of unbranched alkanes of at least 4 members (excludes halogenated alkanes) is 2. The first kappa shape index (κ1) is 20.7. The van der Waals surface area contributed by atoms with Gasteiger partial charge < -0.3 is 5.11 Å². The molecule has 4 heteroatoms. The van der Waals surface area contributed by atoms with Crippen molar-refractivity contribution in [1.82, 2.24) is 4.90 Å². The molecule has 1 N–H and O–H groups in total. The molecule has 0 aliphatic heterocycles. The average molecular weight is 406 g/mol. The molecule has 0 bridgehead atoms. The van der Waals surface area contributed by atoms with Gasteiger partial charge in [-0.25, -0.2) is 0 Å². The van der Waals surface area contributed by atoms with Crippen LogP contribution in [-0.2, 0) is 6.42 Å². The second kappa shape index (κ2) is 9.43. The fourth-order valence-electron chi connectivity index (χ4n) is 4.13. The molecule has 0 spiro atoms. The average Bonchev–Trinajstić information content (AvgIpc) is 3.00. The molecule has 146 valence electrons. The lowest BCUT2D eigenvalue weighted by Crippen LogP contribution is -2.33. The topological polar surface area (TPSA) is 23.5 Å². The minimum absolute atomic E-state index is 0.0304. The third-order valence-electron chi connectivity index (χ3n) is 5.50. The van der Waals surface area contributed by atoms with E-state index < -0.39 is 0 Å². The molecule has 1 unspecified atom stereocenters. The molecule has 0 saturated heterocycles. The van der Waals surface area contributed by atoms with E-state index in [-0.39, 0.29) is 12.6 Å². The van der Waals surface area contributed by atoms with Gasteiger partial charge in [-0.3, -0.25) is 4.90 Å². The standard InChI is InChI=1S/C23H29Cl2NO/c1-3-5-9-26(10-6-4-2)22(15-27)21-14-19(25)13-17-11-16-12-18(24)7-8-20(16)23(17)21/h7-8,12-14,22,27H,3-6,9-11,15H2,1-2H3. The molecule has 1 atom stereocenters. The van der Waals surface area contributed by atoms with Gasteiger partial charge in [0.2, 0.25) is 0 Å². The minimum Gasteiger partial charge on any atom is -0.394 e.